The van der Waals surface area contributed by atoms with E-state index in [2.05, 4.69) is 32.2 Å². The third-order valence-electron chi connectivity index (χ3n) is 3.89. The minimum absolute atomic E-state index is 0.0458. The van der Waals surface area contributed by atoms with Crippen molar-refractivity contribution in [1.29, 1.82) is 0 Å². The first-order valence-corrected chi connectivity index (χ1v) is 7.93. The van der Waals surface area contributed by atoms with Crippen LogP contribution >= 0.6 is 0 Å². The lowest BCUT2D eigenvalue weighted by molar-refractivity contribution is -0.121. The second-order valence-electron chi connectivity index (χ2n) is 6.75. The van der Waals surface area contributed by atoms with Gasteiger partial charge in [-0.15, -0.1) is 0 Å². The highest BCUT2D eigenvalue weighted by atomic mass is 16.1. The maximum Gasteiger partial charge on any atom is 0.258 e. The highest BCUT2D eigenvalue weighted by molar-refractivity contribution is 5.82. The van der Waals surface area contributed by atoms with Gasteiger partial charge in [0.05, 0.1) is 0 Å². The molecule has 2 rings (SSSR count). The highest BCUT2D eigenvalue weighted by Crippen LogP contribution is 2.24. The third kappa shape index (κ3) is 4.20. The summed E-state index contributed by atoms with van der Waals surface area (Å²) in [7, 11) is 0. The molecule has 2 aromatic rings. The van der Waals surface area contributed by atoms with Crippen LogP contribution in [0.15, 0.2) is 35.3 Å². The van der Waals surface area contributed by atoms with E-state index in [0.717, 1.165) is 5.39 Å². The van der Waals surface area contributed by atoms with Crippen LogP contribution in [0.5, 0.6) is 0 Å². The van der Waals surface area contributed by atoms with Gasteiger partial charge in [0.2, 0.25) is 5.91 Å². The second kappa shape index (κ2) is 6.96. The number of hydrogen-bond acceptors (Lipinski definition) is 3. The summed E-state index contributed by atoms with van der Waals surface area (Å²) in [6, 6.07) is 7.88. The van der Waals surface area contributed by atoms with Crippen molar-refractivity contribution in [2.45, 2.75) is 39.2 Å². The maximum absolute atomic E-state index is 12.5. The molecule has 0 saturated carbocycles. The minimum Gasteiger partial charge on any atom is -0.355 e. The van der Waals surface area contributed by atoms with Gasteiger partial charge < -0.3 is 15.6 Å². The number of nitrogens with zero attached hydrogens (tertiary/aromatic N) is 1. The lowest BCUT2D eigenvalue weighted by Crippen LogP contribution is -2.30. The molecule has 0 fully saturated rings. The number of rotatable bonds is 5. The predicted molar refractivity (Wildman–Crippen MR) is 93.6 cm³/mol. The normalized spacial score (nSPS) is 11.7. The maximum atomic E-state index is 12.5. The molecule has 0 atom stereocenters. The van der Waals surface area contributed by atoms with E-state index in [0.29, 0.717) is 25.0 Å². The quantitative estimate of drug-likeness (QED) is 0.882. The summed E-state index contributed by atoms with van der Waals surface area (Å²) in [4.78, 5) is 24.2. The van der Waals surface area contributed by atoms with E-state index in [1.807, 2.05) is 18.2 Å². The number of nitrogens with one attached hydrogen (secondary N) is 1. The molecule has 5 nitrogen and oxygen atoms in total. The molecule has 5 heteroatoms. The monoisotopic (exact) mass is 315 g/mol. The number of fused-ring (bicyclic) bond motifs is 1. The van der Waals surface area contributed by atoms with Crippen LogP contribution in [-0.4, -0.2) is 23.6 Å². The zero-order chi connectivity index (χ0) is 17.0. The first-order valence-electron chi connectivity index (χ1n) is 7.93. The number of benzene rings is 1. The van der Waals surface area contributed by atoms with Gasteiger partial charge in [0, 0.05) is 37.6 Å². The van der Waals surface area contributed by atoms with Crippen molar-refractivity contribution in [1.82, 2.24) is 9.88 Å². The summed E-state index contributed by atoms with van der Waals surface area (Å²) in [5.74, 6) is -0.0921. The Morgan fingerprint density at radius 3 is 2.65 bits per heavy atom. The molecule has 3 N–H and O–H groups in total. The highest BCUT2D eigenvalue weighted by Gasteiger charge is 2.14. The van der Waals surface area contributed by atoms with Crippen molar-refractivity contribution < 1.29 is 4.79 Å². The Hall–Kier alpha value is -2.14. The van der Waals surface area contributed by atoms with Crippen molar-refractivity contribution in [3.8, 4) is 0 Å². The molecule has 0 bridgehead atoms. The standard InChI is InChI=1S/C18H25N3O2/c1-18(2,3)14-4-5-15-13(12-14)6-10-21(17(15)23)11-7-16(22)20-9-8-19/h4-6,10,12H,7-9,11,19H2,1-3H3,(H,20,22). The molecule has 1 heterocycles. The van der Waals surface area contributed by atoms with Gasteiger partial charge in [-0.2, -0.15) is 0 Å². The van der Waals surface area contributed by atoms with Gasteiger partial charge in [0.1, 0.15) is 0 Å². The molecule has 1 aromatic heterocycles. The fourth-order valence-electron chi connectivity index (χ4n) is 2.45. The number of carbonyl (C=O) groups is 1. The van der Waals surface area contributed by atoms with Crippen LogP contribution in [-0.2, 0) is 16.8 Å². The summed E-state index contributed by atoms with van der Waals surface area (Å²) in [6.07, 6.45) is 2.03. The summed E-state index contributed by atoms with van der Waals surface area (Å²) < 4.78 is 1.58. The number of aryl methyl sites for hydroxylation is 1. The van der Waals surface area contributed by atoms with E-state index in [1.54, 1.807) is 10.8 Å². The Kier molecular flexibility index (Phi) is 5.21. The first-order chi connectivity index (χ1) is 10.8. The van der Waals surface area contributed by atoms with Gasteiger partial charge >= 0.3 is 0 Å². The van der Waals surface area contributed by atoms with Crippen molar-refractivity contribution in [3.05, 3.63) is 46.4 Å². The van der Waals surface area contributed by atoms with E-state index >= 15 is 0 Å². The molecular weight excluding hydrogens is 290 g/mol. The largest absolute Gasteiger partial charge is 0.355 e. The van der Waals surface area contributed by atoms with E-state index in [-0.39, 0.29) is 23.3 Å². The molecule has 1 aromatic carbocycles. The molecule has 0 aliphatic heterocycles. The predicted octanol–water partition coefficient (Wildman–Crippen LogP) is 1.76. The van der Waals surface area contributed by atoms with Crippen LogP contribution in [0, 0.1) is 0 Å². The zero-order valence-electron chi connectivity index (χ0n) is 14.1. The van der Waals surface area contributed by atoms with Crippen molar-refractivity contribution in [3.63, 3.8) is 0 Å². The average Bonchev–Trinajstić information content (AvgIpc) is 2.51. The van der Waals surface area contributed by atoms with Crippen LogP contribution in [0.1, 0.15) is 32.8 Å². The Morgan fingerprint density at radius 1 is 1.26 bits per heavy atom. The molecule has 1 amide bonds. The number of pyridine rings is 1. The van der Waals surface area contributed by atoms with Gasteiger partial charge in [0.25, 0.3) is 5.56 Å². The number of amides is 1. The second-order valence-corrected chi connectivity index (χ2v) is 6.75. The average molecular weight is 315 g/mol. The van der Waals surface area contributed by atoms with E-state index in [1.165, 1.54) is 5.56 Å². The van der Waals surface area contributed by atoms with E-state index in [9.17, 15) is 9.59 Å². The Morgan fingerprint density at radius 2 is 2.00 bits per heavy atom. The van der Waals surface area contributed by atoms with Crippen molar-refractivity contribution in [2.24, 2.45) is 5.73 Å². The summed E-state index contributed by atoms with van der Waals surface area (Å²) >= 11 is 0. The Labute approximate surface area is 136 Å². The van der Waals surface area contributed by atoms with Crippen molar-refractivity contribution >= 4 is 16.7 Å². The van der Waals surface area contributed by atoms with Gasteiger partial charge in [-0.25, -0.2) is 0 Å². The number of carbonyl (C=O) groups excluding carboxylic acids is 1. The minimum atomic E-state index is -0.0921. The van der Waals surface area contributed by atoms with Crippen LogP contribution in [0.3, 0.4) is 0 Å². The molecule has 0 spiro atoms. The van der Waals surface area contributed by atoms with Crippen LogP contribution in [0.25, 0.3) is 10.8 Å². The van der Waals surface area contributed by atoms with Gasteiger partial charge in [-0.1, -0.05) is 32.9 Å². The van der Waals surface area contributed by atoms with Crippen LogP contribution in [0.2, 0.25) is 0 Å². The van der Waals surface area contributed by atoms with Gasteiger partial charge in [-0.3, -0.25) is 9.59 Å². The third-order valence-corrected chi connectivity index (χ3v) is 3.89. The smallest absolute Gasteiger partial charge is 0.258 e. The molecular formula is C18H25N3O2. The Balaban J connectivity index is 2.22. The first kappa shape index (κ1) is 17.2. The molecule has 0 aliphatic carbocycles. The molecule has 23 heavy (non-hydrogen) atoms. The topological polar surface area (TPSA) is 77.1 Å². The van der Waals surface area contributed by atoms with Crippen LogP contribution in [0.4, 0.5) is 0 Å². The number of hydrogen-bond donors (Lipinski definition) is 2. The Bertz CT molecular complexity index is 757. The lowest BCUT2D eigenvalue weighted by Gasteiger charge is -2.19. The van der Waals surface area contributed by atoms with Gasteiger partial charge in [-0.05, 0) is 28.5 Å². The zero-order valence-corrected chi connectivity index (χ0v) is 14.1. The summed E-state index contributed by atoms with van der Waals surface area (Å²) in [5.41, 5.74) is 6.53. The van der Waals surface area contributed by atoms with Gasteiger partial charge in [0.15, 0.2) is 0 Å². The molecule has 0 saturated heterocycles. The molecule has 0 aliphatic rings. The molecule has 0 radical (unpaired) electrons. The van der Waals surface area contributed by atoms with E-state index < -0.39 is 0 Å². The SMILES string of the molecule is CC(C)(C)c1ccc2c(=O)n(CCC(=O)NCCN)ccc2c1. The molecule has 124 valence electrons. The fraction of sp³-hybridized carbons (Fsp3) is 0.444. The summed E-state index contributed by atoms with van der Waals surface area (Å²) in [6.45, 7) is 7.69. The summed E-state index contributed by atoms with van der Waals surface area (Å²) in [5, 5.41) is 4.32. The number of aromatic nitrogens is 1. The molecule has 0 unspecified atom stereocenters. The lowest BCUT2D eigenvalue weighted by atomic mass is 9.86. The van der Waals surface area contributed by atoms with Crippen LogP contribution < -0.4 is 16.6 Å². The van der Waals surface area contributed by atoms with Crippen molar-refractivity contribution in [2.75, 3.05) is 13.1 Å². The number of nitrogens with two attached hydrogens (primary N) is 1. The fourth-order valence-corrected chi connectivity index (χ4v) is 2.45. The van der Waals surface area contributed by atoms with E-state index in [4.69, 9.17) is 5.73 Å².